The molecule has 4 unspecified atom stereocenters. The molecule has 3 aliphatic rings. The largest absolute Gasteiger partial charge is 0.358 e. The topological polar surface area (TPSA) is 79.4 Å². The van der Waals surface area contributed by atoms with E-state index in [1.807, 2.05) is 108 Å². The predicted octanol–water partition coefficient (Wildman–Crippen LogP) is 6.22. The molecule has 6 heteroatoms. The number of benzene rings is 4. The maximum Gasteiger partial charge on any atom is 0.238 e. The first-order valence-electron chi connectivity index (χ1n) is 14.0. The number of hydrogen-bond donors (Lipinski definition) is 1. The first kappa shape index (κ1) is 24.4. The van der Waals surface area contributed by atoms with Crippen molar-refractivity contribution in [3.8, 4) is 0 Å². The molecule has 1 N–H and O–H groups in total. The van der Waals surface area contributed by atoms with Gasteiger partial charge in [0.25, 0.3) is 0 Å². The molecule has 0 aliphatic carbocycles. The van der Waals surface area contributed by atoms with Crippen LogP contribution in [0.2, 0.25) is 0 Å². The van der Waals surface area contributed by atoms with E-state index >= 15 is 0 Å². The summed E-state index contributed by atoms with van der Waals surface area (Å²) in [5.74, 6) is -1.79. The van der Waals surface area contributed by atoms with E-state index in [4.69, 9.17) is 0 Å². The molecule has 1 fully saturated rings. The maximum atomic E-state index is 15.0. The highest BCUT2D eigenvalue weighted by molar-refractivity contribution is 6.18. The molecule has 1 saturated heterocycles. The van der Waals surface area contributed by atoms with Gasteiger partial charge in [-0.05, 0) is 51.7 Å². The summed E-state index contributed by atoms with van der Waals surface area (Å²) in [5, 5.41) is 4.84. The van der Waals surface area contributed by atoms with E-state index < -0.39 is 23.4 Å². The third-order valence-corrected chi connectivity index (χ3v) is 9.12. The lowest BCUT2D eigenvalue weighted by atomic mass is 9.62. The molecule has 4 heterocycles. The molecule has 1 spiro atoms. The minimum absolute atomic E-state index is 0.197. The highest BCUT2D eigenvalue weighted by Crippen LogP contribution is 2.62. The Morgan fingerprint density at radius 3 is 2.48 bits per heavy atom. The lowest BCUT2D eigenvalue weighted by molar-refractivity contribution is -0.122. The Balaban J connectivity index is 1.45. The molecule has 42 heavy (non-hydrogen) atoms. The van der Waals surface area contributed by atoms with Crippen LogP contribution in [0.3, 0.4) is 0 Å². The number of amides is 1. The minimum Gasteiger partial charge on any atom is -0.358 e. The second kappa shape index (κ2) is 9.08. The number of nitrogens with one attached hydrogen (secondary N) is 1. The summed E-state index contributed by atoms with van der Waals surface area (Å²) in [5.41, 5.74) is 2.78. The molecule has 1 amide bonds. The van der Waals surface area contributed by atoms with E-state index in [0.29, 0.717) is 16.8 Å². The van der Waals surface area contributed by atoms with Gasteiger partial charge in [-0.2, -0.15) is 0 Å². The Hall–Kier alpha value is -5.36. The minimum atomic E-state index is -1.37. The van der Waals surface area contributed by atoms with Crippen LogP contribution >= 0.6 is 0 Å². The van der Waals surface area contributed by atoms with Gasteiger partial charge in [0.2, 0.25) is 5.91 Å². The van der Waals surface area contributed by atoms with Crippen molar-refractivity contribution in [2.75, 3.05) is 5.32 Å². The van der Waals surface area contributed by atoms with Crippen LogP contribution in [0, 0.1) is 5.92 Å². The Morgan fingerprint density at radius 1 is 0.810 bits per heavy atom. The van der Waals surface area contributed by atoms with E-state index in [0.717, 1.165) is 27.5 Å². The number of anilines is 1. The number of carbonyl (C=O) groups is 3. The summed E-state index contributed by atoms with van der Waals surface area (Å²) in [6, 6.07) is 30.8. The molecular weight excluding hydrogens is 522 g/mol. The maximum absolute atomic E-state index is 15.0. The highest BCUT2D eigenvalue weighted by atomic mass is 16.2. The van der Waals surface area contributed by atoms with Gasteiger partial charge in [0, 0.05) is 35.4 Å². The molecule has 5 aromatic rings. The number of carbonyl (C=O) groups excluding carboxylic acids is 3. The molecule has 4 atom stereocenters. The normalized spacial score (nSPS) is 23.4. The number of aromatic nitrogens is 1. The average Bonchev–Trinajstić information content (AvgIpc) is 3.52. The lowest BCUT2D eigenvalue weighted by Crippen LogP contribution is -2.49. The smallest absolute Gasteiger partial charge is 0.238 e. The molecule has 3 aliphatic heterocycles. The van der Waals surface area contributed by atoms with E-state index in [9.17, 15) is 14.4 Å². The van der Waals surface area contributed by atoms with Gasteiger partial charge >= 0.3 is 0 Å². The third-order valence-electron chi connectivity index (χ3n) is 9.12. The van der Waals surface area contributed by atoms with E-state index in [1.54, 1.807) is 18.3 Å². The Morgan fingerprint density at radius 2 is 1.60 bits per heavy atom. The van der Waals surface area contributed by atoms with Crippen molar-refractivity contribution in [1.29, 1.82) is 0 Å². The van der Waals surface area contributed by atoms with Gasteiger partial charge in [0.1, 0.15) is 11.5 Å². The fourth-order valence-corrected chi connectivity index (χ4v) is 7.46. The fraction of sp³-hybridized carbons (Fsp3) is 0.111. The number of para-hydroxylation sites is 1. The second-order valence-electron chi connectivity index (χ2n) is 11.1. The Labute approximate surface area is 242 Å². The molecule has 0 radical (unpaired) electrons. The molecule has 1 aromatic heterocycles. The summed E-state index contributed by atoms with van der Waals surface area (Å²) >= 11 is 0. The molecule has 8 rings (SSSR count). The van der Waals surface area contributed by atoms with Gasteiger partial charge in [0.05, 0.1) is 12.0 Å². The Bertz CT molecular complexity index is 1960. The first-order chi connectivity index (χ1) is 20.6. The lowest BCUT2D eigenvalue weighted by Gasteiger charge is -2.38. The van der Waals surface area contributed by atoms with Crippen LogP contribution in [-0.4, -0.2) is 33.4 Å². The number of fused-ring (bicyclic) bond motifs is 7. The van der Waals surface area contributed by atoms with Crippen LogP contribution in [-0.2, 0) is 10.2 Å². The number of hydrogen-bond acceptors (Lipinski definition) is 5. The van der Waals surface area contributed by atoms with Crippen molar-refractivity contribution in [3.05, 3.63) is 150 Å². The SMILES string of the molecule is O=C(c1cccc2ccccc12)C1C(C(=O)c2cccnc2)C2(C(=O)Nc3ccccc32)C2c3ccccc3C=CN12. The van der Waals surface area contributed by atoms with Crippen LogP contribution < -0.4 is 5.32 Å². The van der Waals surface area contributed by atoms with Gasteiger partial charge in [-0.25, -0.2) is 0 Å². The predicted molar refractivity (Wildman–Crippen MR) is 161 cm³/mol. The average molecular weight is 548 g/mol. The van der Waals surface area contributed by atoms with Gasteiger partial charge < -0.3 is 10.2 Å². The van der Waals surface area contributed by atoms with Gasteiger partial charge in [0.15, 0.2) is 11.6 Å². The number of rotatable bonds is 4. The summed E-state index contributed by atoms with van der Waals surface area (Å²) in [4.78, 5) is 50.5. The van der Waals surface area contributed by atoms with Crippen LogP contribution in [0.1, 0.15) is 43.4 Å². The van der Waals surface area contributed by atoms with Gasteiger partial charge in [-0.3, -0.25) is 19.4 Å². The van der Waals surface area contributed by atoms with Crippen molar-refractivity contribution < 1.29 is 14.4 Å². The van der Waals surface area contributed by atoms with E-state index in [2.05, 4.69) is 10.3 Å². The Kier molecular flexibility index (Phi) is 5.28. The molecule has 6 nitrogen and oxygen atoms in total. The van der Waals surface area contributed by atoms with Gasteiger partial charge in [-0.1, -0.05) is 84.9 Å². The molecule has 202 valence electrons. The van der Waals surface area contributed by atoms with Crippen molar-refractivity contribution >= 4 is 40.0 Å². The zero-order chi connectivity index (χ0) is 28.4. The van der Waals surface area contributed by atoms with Gasteiger partial charge in [-0.15, -0.1) is 0 Å². The molecular formula is C36H25N3O3. The van der Waals surface area contributed by atoms with Crippen molar-refractivity contribution in [2.45, 2.75) is 17.5 Å². The number of pyridine rings is 1. The summed E-state index contributed by atoms with van der Waals surface area (Å²) in [6.07, 6.45) is 7.00. The summed E-state index contributed by atoms with van der Waals surface area (Å²) in [6.45, 7) is 0. The van der Waals surface area contributed by atoms with Crippen LogP contribution in [0.15, 0.2) is 122 Å². The third kappa shape index (κ3) is 3.20. The van der Waals surface area contributed by atoms with Crippen molar-refractivity contribution in [3.63, 3.8) is 0 Å². The van der Waals surface area contributed by atoms with Crippen LogP contribution in [0.25, 0.3) is 16.8 Å². The van der Waals surface area contributed by atoms with Crippen molar-refractivity contribution in [2.24, 2.45) is 5.92 Å². The van der Waals surface area contributed by atoms with Crippen LogP contribution in [0.4, 0.5) is 5.69 Å². The first-order valence-corrected chi connectivity index (χ1v) is 14.0. The molecule has 0 bridgehead atoms. The monoisotopic (exact) mass is 547 g/mol. The zero-order valence-electron chi connectivity index (χ0n) is 22.5. The molecule has 0 saturated carbocycles. The second-order valence-corrected chi connectivity index (χ2v) is 11.1. The summed E-state index contributed by atoms with van der Waals surface area (Å²) < 4.78 is 0. The van der Waals surface area contributed by atoms with E-state index in [1.165, 1.54) is 6.20 Å². The quantitative estimate of drug-likeness (QED) is 0.271. The zero-order valence-corrected chi connectivity index (χ0v) is 22.5. The number of ketones is 2. The molecule has 4 aromatic carbocycles. The number of nitrogens with zero attached hydrogens (tertiary/aromatic N) is 2. The fourth-order valence-electron chi connectivity index (χ4n) is 7.46. The van der Waals surface area contributed by atoms with Crippen LogP contribution in [0.5, 0.6) is 0 Å². The number of Topliss-reactive ketones (excluding diaryl/α,β-unsaturated/α-hetero) is 2. The summed E-state index contributed by atoms with van der Waals surface area (Å²) in [7, 11) is 0. The van der Waals surface area contributed by atoms with Crippen molar-refractivity contribution in [1.82, 2.24) is 9.88 Å². The standard InChI is InChI=1S/C36H25N3O3/c40-32(24-12-8-19-37-21-24)30-31(33(41)27-15-7-11-22-9-1-3-13-25(22)27)39-20-18-23-10-2-4-14-26(23)34(39)36(30)28-16-5-6-17-29(28)38-35(36)42/h1-21,30-31,34H,(H,38,42). The van der Waals surface area contributed by atoms with E-state index in [-0.39, 0.29) is 17.5 Å². The highest BCUT2D eigenvalue weighted by Gasteiger charge is 2.70.